The van der Waals surface area contributed by atoms with E-state index in [1.807, 2.05) is 12.1 Å². The molecule has 1 aromatic rings. The Morgan fingerprint density at radius 1 is 1.22 bits per heavy atom. The van der Waals surface area contributed by atoms with Crippen LogP contribution >= 0.6 is 11.8 Å². The van der Waals surface area contributed by atoms with Crippen molar-refractivity contribution in [1.29, 1.82) is 0 Å². The van der Waals surface area contributed by atoms with Gasteiger partial charge in [-0.15, -0.1) is 24.9 Å². The Bertz CT molecular complexity index is 401. The molecule has 2 nitrogen and oxygen atoms in total. The van der Waals surface area contributed by atoms with Crippen LogP contribution in [-0.4, -0.2) is 29.6 Å². The highest BCUT2D eigenvalue weighted by molar-refractivity contribution is 8.00. The number of carbonyl (C=O) groups excluding carboxylic acids is 1. The summed E-state index contributed by atoms with van der Waals surface area (Å²) >= 11 is 1.56. The normalized spacial score (nSPS) is 9.83. The molecule has 0 bridgehead atoms. The molecule has 18 heavy (non-hydrogen) atoms. The van der Waals surface area contributed by atoms with Crippen LogP contribution in [0, 0.1) is 6.92 Å². The minimum atomic E-state index is 0.111. The number of hydrogen-bond donors (Lipinski definition) is 0. The first-order valence-corrected chi connectivity index (χ1v) is 6.85. The van der Waals surface area contributed by atoms with Gasteiger partial charge >= 0.3 is 0 Å². The van der Waals surface area contributed by atoms with E-state index in [4.69, 9.17) is 0 Å². The highest BCUT2D eigenvalue weighted by atomic mass is 32.2. The Labute approximate surface area is 113 Å². The second-order valence-corrected chi connectivity index (χ2v) is 5.03. The van der Waals surface area contributed by atoms with Crippen LogP contribution in [0.25, 0.3) is 0 Å². The highest BCUT2D eigenvalue weighted by Crippen LogP contribution is 2.18. The predicted molar refractivity (Wildman–Crippen MR) is 78.9 cm³/mol. The molecule has 0 radical (unpaired) electrons. The molecule has 0 unspecified atom stereocenters. The largest absolute Gasteiger partial charge is 0.335 e. The van der Waals surface area contributed by atoms with Crippen LogP contribution in [0.4, 0.5) is 0 Å². The first kappa shape index (κ1) is 14.6. The van der Waals surface area contributed by atoms with Gasteiger partial charge in [0.05, 0.1) is 5.75 Å². The second-order valence-electron chi connectivity index (χ2n) is 3.98. The Balaban J connectivity index is 2.50. The van der Waals surface area contributed by atoms with Gasteiger partial charge in [-0.3, -0.25) is 4.79 Å². The number of rotatable bonds is 7. The average Bonchev–Trinajstić information content (AvgIpc) is 2.37. The van der Waals surface area contributed by atoms with Crippen molar-refractivity contribution in [3.05, 3.63) is 55.1 Å². The van der Waals surface area contributed by atoms with Gasteiger partial charge in [-0.1, -0.05) is 29.8 Å². The summed E-state index contributed by atoms with van der Waals surface area (Å²) in [6.07, 6.45) is 3.47. The van der Waals surface area contributed by atoms with E-state index in [1.165, 1.54) is 5.56 Å². The number of carbonyl (C=O) groups is 1. The highest BCUT2D eigenvalue weighted by Gasteiger charge is 2.10. The lowest BCUT2D eigenvalue weighted by molar-refractivity contribution is -0.127. The fourth-order valence-electron chi connectivity index (χ4n) is 1.46. The first-order chi connectivity index (χ1) is 8.67. The quantitative estimate of drug-likeness (QED) is 0.554. The van der Waals surface area contributed by atoms with E-state index in [0.717, 1.165) is 4.90 Å². The molecule has 1 amide bonds. The monoisotopic (exact) mass is 261 g/mol. The molecule has 0 N–H and O–H groups in total. The maximum Gasteiger partial charge on any atom is 0.233 e. The molecule has 0 fully saturated rings. The van der Waals surface area contributed by atoms with Gasteiger partial charge in [-0.25, -0.2) is 0 Å². The number of hydrogen-bond acceptors (Lipinski definition) is 2. The molecule has 0 heterocycles. The molecule has 0 aliphatic heterocycles. The summed E-state index contributed by atoms with van der Waals surface area (Å²) in [5, 5.41) is 0. The topological polar surface area (TPSA) is 20.3 Å². The van der Waals surface area contributed by atoms with E-state index in [2.05, 4.69) is 32.2 Å². The third kappa shape index (κ3) is 4.80. The van der Waals surface area contributed by atoms with Gasteiger partial charge in [0.15, 0.2) is 0 Å². The molecule has 0 aliphatic carbocycles. The number of aryl methyl sites for hydroxylation is 1. The summed E-state index contributed by atoms with van der Waals surface area (Å²) in [4.78, 5) is 14.8. The van der Waals surface area contributed by atoms with E-state index in [-0.39, 0.29) is 5.91 Å². The third-order valence-electron chi connectivity index (χ3n) is 2.43. The van der Waals surface area contributed by atoms with Crippen molar-refractivity contribution < 1.29 is 4.79 Å². The summed E-state index contributed by atoms with van der Waals surface area (Å²) in [6, 6.07) is 8.19. The van der Waals surface area contributed by atoms with Crippen molar-refractivity contribution in [1.82, 2.24) is 4.90 Å². The van der Waals surface area contributed by atoms with Crippen LogP contribution in [-0.2, 0) is 4.79 Å². The summed E-state index contributed by atoms with van der Waals surface area (Å²) < 4.78 is 0. The van der Waals surface area contributed by atoms with Crippen LogP contribution in [0.15, 0.2) is 54.5 Å². The SMILES string of the molecule is C=CCN(CC=C)C(=O)CSc1ccc(C)cc1. The molecule has 0 aliphatic rings. The molecular weight excluding hydrogens is 242 g/mol. The zero-order valence-electron chi connectivity index (χ0n) is 10.8. The second kappa shape index (κ2) is 7.77. The molecule has 0 aromatic heterocycles. The molecule has 1 rings (SSSR count). The van der Waals surface area contributed by atoms with Crippen molar-refractivity contribution in [2.24, 2.45) is 0 Å². The van der Waals surface area contributed by atoms with E-state index in [1.54, 1.807) is 28.8 Å². The maximum atomic E-state index is 12.0. The standard InChI is InChI=1S/C15H19NOS/c1-4-10-16(11-5-2)15(17)12-18-14-8-6-13(3)7-9-14/h4-9H,1-2,10-12H2,3H3. The van der Waals surface area contributed by atoms with Crippen molar-refractivity contribution >= 4 is 17.7 Å². The predicted octanol–water partition coefficient (Wildman–Crippen LogP) is 3.29. The van der Waals surface area contributed by atoms with Gasteiger partial charge in [0.25, 0.3) is 0 Å². The van der Waals surface area contributed by atoms with Crippen LogP contribution in [0.1, 0.15) is 5.56 Å². The molecule has 0 saturated carbocycles. The molecular formula is C15H19NOS. The minimum absolute atomic E-state index is 0.111. The molecule has 0 atom stereocenters. The number of thioether (sulfide) groups is 1. The van der Waals surface area contributed by atoms with Gasteiger partial charge in [0.1, 0.15) is 0 Å². The lowest BCUT2D eigenvalue weighted by Gasteiger charge is -2.18. The van der Waals surface area contributed by atoms with Crippen molar-refractivity contribution in [2.45, 2.75) is 11.8 Å². The van der Waals surface area contributed by atoms with Gasteiger partial charge in [-0.05, 0) is 19.1 Å². The molecule has 3 heteroatoms. The zero-order chi connectivity index (χ0) is 13.4. The summed E-state index contributed by atoms with van der Waals surface area (Å²) in [6.45, 7) is 10.5. The van der Waals surface area contributed by atoms with Crippen LogP contribution in [0.5, 0.6) is 0 Å². The maximum absolute atomic E-state index is 12.0. The summed E-state index contributed by atoms with van der Waals surface area (Å²) in [5.74, 6) is 0.561. The summed E-state index contributed by atoms with van der Waals surface area (Å²) in [5.41, 5.74) is 1.23. The Hall–Kier alpha value is -1.48. The Morgan fingerprint density at radius 3 is 2.28 bits per heavy atom. The third-order valence-corrected chi connectivity index (χ3v) is 3.43. The zero-order valence-corrected chi connectivity index (χ0v) is 11.6. The van der Waals surface area contributed by atoms with E-state index >= 15 is 0 Å². The number of amides is 1. The van der Waals surface area contributed by atoms with Gasteiger partial charge in [-0.2, -0.15) is 0 Å². The van der Waals surface area contributed by atoms with E-state index in [9.17, 15) is 4.79 Å². The summed E-state index contributed by atoms with van der Waals surface area (Å²) in [7, 11) is 0. The molecule has 0 spiro atoms. The minimum Gasteiger partial charge on any atom is -0.335 e. The molecule has 1 aromatic carbocycles. The molecule has 96 valence electrons. The lowest BCUT2D eigenvalue weighted by Crippen LogP contribution is -2.32. The smallest absolute Gasteiger partial charge is 0.233 e. The van der Waals surface area contributed by atoms with Gasteiger partial charge in [0.2, 0.25) is 5.91 Å². The van der Waals surface area contributed by atoms with E-state index < -0.39 is 0 Å². The number of benzene rings is 1. The van der Waals surface area contributed by atoms with E-state index in [0.29, 0.717) is 18.8 Å². The lowest BCUT2D eigenvalue weighted by atomic mass is 10.2. The average molecular weight is 261 g/mol. The van der Waals surface area contributed by atoms with Gasteiger partial charge < -0.3 is 4.90 Å². The Morgan fingerprint density at radius 2 is 1.78 bits per heavy atom. The van der Waals surface area contributed by atoms with Gasteiger partial charge in [0, 0.05) is 18.0 Å². The fraction of sp³-hybridized carbons (Fsp3) is 0.267. The first-order valence-electron chi connectivity index (χ1n) is 5.86. The fourth-order valence-corrected chi connectivity index (χ4v) is 2.26. The van der Waals surface area contributed by atoms with Crippen molar-refractivity contribution in [3.8, 4) is 0 Å². The van der Waals surface area contributed by atoms with Crippen LogP contribution in [0.2, 0.25) is 0 Å². The van der Waals surface area contributed by atoms with Crippen molar-refractivity contribution in [3.63, 3.8) is 0 Å². The van der Waals surface area contributed by atoms with Crippen LogP contribution < -0.4 is 0 Å². The Kier molecular flexibility index (Phi) is 6.29. The molecule has 0 saturated heterocycles. The van der Waals surface area contributed by atoms with Crippen molar-refractivity contribution in [2.75, 3.05) is 18.8 Å². The van der Waals surface area contributed by atoms with Crippen LogP contribution in [0.3, 0.4) is 0 Å². The number of nitrogens with zero attached hydrogens (tertiary/aromatic N) is 1.